The molecule has 1 atom stereocenters. The maximum Gasteiger partial charge on any atom is 0.422 e. The van der Waals surface area contributed by atoms with Crippen LogP contribution in [0.1, 0.15) is 19.1 Å². The zero-order chi connectivity index (χ0) is 14.7. The summed E-state index contributed by atoms with van der Waals surface area (Å²) in [6.07, 6.45) is -3.93. The van der Waals surface area contributed by atoms with Gasteiger partial charge in [0, 0.05) is 12.8 Å². The van der Waals surface area contributed by atoms with Gasteiger partial charge in [-0.3, -0.25) is 4.79 Å². The second kappa shape index (κ2) is 5.33. The summed E-state index contributed by atoms with van der Waals surface area (Å²) in [5, 5.41) is 10.1. The average molecular weight is 279 g/mol. The predicted molar refractivity (Wildman–Crippen MR) is 57.3 cm³/mol. The largest absolute Gasteiger partial charge is 0.479 e. The van der Waals surface area contributed by atoms with Crippen LogP contribution in [-0.4, -0.2) is 28.7 Å². The first-order valence-corrected chi connectivity index (χ1v) is 5.30. The Balaban J connectivity index is 2.65. The number of aryl methyl sites for hydroxylation is 1. The standard InChI is InChI=1S/C11H12F3NO4/c1-10(9(17)18,11(12,13)14)15-8(16)5-4-7-3-2-6-19-7/h2-3,6H,4-5H2,1H3,(H,15,16)(H,17,18). The Kier molecular flexibility index (Phi) is 4.23. The molecule has 1 aromatic heterocycles. The Labute approximate surface area is 106 Å². The molecule has 0 aromatic carbocycles. The van der Waals surface area contributed by atoms with Gasteiger partial charge in [0.05, 0.1) is 6.26 Å². The van der Waals surface area contributed by atoms with E-state index in [-0.39, 0.29) is 12.8 Å². The Morgan fingerprint density at radius 2 is 2.05 bits per heavy atom. The lowest BCUT2D eigenvalue weighted by molar-refractivity contribution is -0.207. The van der Waals surface area contributed by atoms with Gasteiger partial charge in [0.1, 0.15) is 5.76 Å². The van der Waals surface area contributed by atoms with Crippen LogP contribution in [0.15, 0.2) is 22.8 Å². The van der Waals surface area contributed by atoms with Crippen LogP contribution >= 0.6 is 0 Å². The molecule has 0 aliphatic heterocycles. The first-order chi connectivity index (χ1) is 8.67. The molecule has 1 heterocycles. The highest BCUT2D eigenvalue weighted by molar-refractivity contribution is 5.87. The normalized spacial score (nSPS) is 14.7. The molecule has 2 N–H and O–H groups in total. The van der Waals surface area contributed by atoms with Crippen molar-refractivity contribution in [3.05, 3.63) is 24.2 Å². The fourth-order valence-electron chi connectivity index (χ4n) is 1.28. The van der Waals surface area contributed by atoms with Crippen molar-refractivity contribution >= 4 is 11.9 Å². The van der Waals surface area contributed by atoms with Gasteiger partial charge in [-0.15, -0.1) is 0 Å². The molecule has 0 aliphatic rings. The van der Waals surface area contributed by atoms with E-state index in [4.69, 9.17) is 9.52 Å². The molecule has 0 radical (unpaired) electrons. The summed E-state index contributed by atoms with van der Waals surface area (Å²) in [4.78, 5) is 22.1. The van der Waals surface area contributed by atoms with Gasteiger partial charge in [-0.05, 0) is 19.1 Å². The van der Waals surface area contributed by atoms with Gasteiger partial charge in [-0.25, -0.2) is 4.79 Å². The number of hydrogen-bond acceptors (Lipinski definition) is 3. The molecule has 1 aromatic rings. The number of carboxylic acids is 1. The van der Waals surface area contributed by atoms with Crippen LogP contribution in [0.25, 0.3) is 0 Å². The molecule has 0 bridgehead atoms. The number of furan rings is 1. The maximum atomic E-state index is 12.6. The van der Waals surface area contributed by atoms with Gasteiger partial charge in [-0.2, -0.15) is 13.2 Å². The van der Waals surface area contributed by atoms with Gasteiger partial charge in [0.15, 0.2) is 0 Å². The average Bonchev–Trinajstić information content (AvgIpc) is 2.77. The van der Waals surface area contributed by atoms with Crippen LogP contribution < -0.4 is 5.32 Å². The number of carbonyl (C=O) groups is 2. The van der Waals surface area contributed by atoms with Crippen LogP contribution in [0, 0.1) is 0 Å². The minimum absolute atomic E-state index is 0.0897. The van der Waals surface area contributed by atoms with E-state index in [2.05, 4.69) is 0 Å². The fraction of sp³-hybridized carbons (Fsp3) is 0.455. The molecule has 1 unspecified atom stereocenters. The van der Waals surface area contributed by atoms with E-state index in [9.17, 15) is 22.8 Å². The highest BCUT2D eigenvalue weighted by Gasteiger charge is 2.58. The number of hydrogen-bond donors (Lipinski definition) is 2. The van der Waals surface area contributed by atoms with E-state index in [1.807, 2.05) is 0 Å². The molecule has 0 spiro atoms. The van der Waals surface area contributed by atoms with Crippen molar-refractivity contribution in [1.82, 2.24) is 5.32 Å². The zero-order valence-electron chi connectivity index (χ0n) is 9.95. The van der Waals surface area contributed by atoms with Gasteiger partial charge in [-0.1, -0.05) is 0 Å². The van der Waals surface area contributed by atoms with Crippen molar-refractivity contribution in [1.29, 1.82) is 0 Å². The summed E-state index contributed by atoms with van der Waals surface area (Å²) >= 11 is 0. The predicted octanol–water partition coefficient (Wildman–Crippen LogP) is 1.73. The van der Waals surface area contributed by atoms with E-state index < -0.39 is 23.6 Å². The topological polar surface area (TPSA) is 79.5 Å². The van der Waals surface area contributed by atoms with Crippen LogP contribution in [0.4, 0.5) is 13.2 Å². The Morgan fingerprint density at radius 1 is 1.42 bits per heavy atom. The lowest BCUT2D eigenvalue weighted by Gasteiger charge is -2.28. The third kappa shape index (κ3) is 3.49. The second-order valence-corrected chi connectivity index (χ2v) is 4.06. The Bertz CT molecular complexity index is 455. The van der Waals surface area contributed by atoms with Gasteiger partial charge >= 0.3 is 12.1 Å². The van der Waals surface area contributed by atoms with E-state index in [0.29, 0.717) is 12.7 Å². The monoisotopic (exact) mass is 279 g/mol. The van der Waals surface area contributed by atoms with E-state index in [1.165, 1.54) is 11.6 Å². The molecule has 1 amide bonds. The number of carbonyl (C=O) groups excluding carboxylic acids is 1. The maximum absolute atomic E-state index is 12.6. The van der Waals surface area contributed by atoms with E-state index in [1.54, 1.807) is 12.1 Å². The summed E-state index contributed by atoms with van der Waals surface area (Å²) < 4.78 is 42.8. The minimum atomic E-state index is -5.08. The molecule has 1 rings (SSSR count). The van der Waals surface area contributed by atoms with Crippen LogP contribution in [-0.2, 0) is 16.0 Å². The molecule has 8 heteroatoms. The van der Waals surface area contributed by atoms with Gasteiger partial charge < -0.3 is 14.8 Å². The Morgan fingerprint density at radius 3 is 2.47 bits per heavy atom. The molecular formula is C11H12F3NO4. The molecule has 0 saturated carbocycles. The molecule has 5 nitrogen and oxygen atoms in total. The third-order valence-corrected chi connectivity index (χ3v) is 2.56. The number of halogens is 3. The van der Waals surface area contributed by atoms with Crippen molar-refractivity contribution in [3.8, 4) is 0 Å². The SMILES string of the molecule is CC(NC(=O)CCc1ccco1)(C(=O)O)C(F)(F)F. The fourth-order valence-corrected chi connectivity index (χ4v) is 1.28. The zero-order valence-corrected chi connectivity index (χ0v) is 9.95. The van der Waals surface area contributed by atoms with Crippen LogP contribution in [0.3, 0.4) is 0 Å². The molecule has 106 valence electrons. The number of carboxylic acid groups (broad SMARTS) is 1. The lowest BCUT2D eigenvalue weighted by atomic mass is 10.0. The summed E-state index contributed by atoms with van der Waals surface area (Å²) in [6.45, 7) is 0.403. The number of amides is 1. The highest BCUT2D eigenvalue weighted by atomic mass is 19.4. The van der Waals surface area contributed by atoms with Gasteiger partial charge in [0.2, 0.25) is 11.4 Å². The van der Waals surface area contributed by atoms with E-state index >= 15 is 0 Å². The molecule has 0 aliphatic carbocycles. The summed E-state index contributed by atoms with van der Waals surface area (Å²) in [5.74, 6) is -2.75. The Hall–Kier alpha value is -1.99. The van der Waals surface area contributed by atoms with Crippen molar-refractivity contribution in [2.24, 2.45) is 0 Å². The molecule has 0 fully saturated rings. The summed E-state index contributed by atoms with van der Waals surface area (Å²) in [7, 11) is 0. The molecular weight excluding hydrogens is 267 g/mol. The van der Waals surface area contributed by atoms with Crippen LogP contribution in [0.5, 0.6) is 0 Å². The van der Waals surface area contributed by atoms with Gasteiger partial charge in [0.25, 0.3) is 0 Å². The second-order valence-electron chi connectivity index (χ2n) is 4.06. The van der Waals surface area contributed by atoms with Crippen molar-refractivity contribution < 1.29 is 32.3 Å². The first-order valence-electron chi connectivity index (χ1n) is 5.30. The van der Waals surface area contributed by atoms with E-state index in [0.717, 1.165) is 0 Å². The lowest BCUT2D eigenvalue weighted by Crippen LogP contribution is -2.61. The molecule has 19 heavy (non-hydrogen) atoms. The number of rotatable bonds is 5. The van der Waals surface area contributed by atoms with Crippen molar-refractivity contribution in [2.75, 3.05) is 0 Å². The summed E-state index contributed by atoms with van der Waals surface area (Å²) in [6, 6.07) is 3.14. The third-order valence-electron chi connectivity index (χ3n) is 2.56. The quantitative estimate of drug-likeness (QED) is 0.860. The van der Waals surface area contributed by atoms with Crippen molar-refractivity contribution in [3.63, 3.8) is 0 Å². The van der Waals surface area contributed by atoms with Crippen LogP contribution in [0.2, 0.25) is 0 Å². The van der Waals surface area contributed by atoms with Crippen molar-refractivity contribution in [2.45, 2.75) is 31.5 Å². The smallest absolute Gasteiger partial charge is 0.422 e. The first kappa shape index (κ1) is 15.1. The number of nitrogens with one attached hydrogen (secondary N) is 1. The highest BCUT2D eigenvalue weighted by Crippen LogP contribution is 2.30. The number of aliphatic carboxylic acids is 1. The minimum Gasteiger partial charge on any atom is -0.479 e. The number of alkyl halides is 3. The summed E-state index contributed by atoms with van der Waals surface area (Å²) in [5.41, 5.74) is -3.30. The molecule has 0 saturated heterocycles.